The number of carbonyl (C=O) groups excluding carboxylic acids is 1. The zero-order valence-corrected chi connectivity index (χ0v) is 10.8. The SMILES string of the molecule is O=C(O)CC1(CNC(=O)NCC(F)F)CCCCC1. The molecule has 0 saturated heterocycles. The smallest absolute Gasteiger partial charge is 0.315 e. The third-order valence-corrected chi connectivity index (χ3v) is 3.48. The highest BCUT2D eigenvalue weighted by Gasteiger charge is 2.34. The second kappa shape index (κ2) is 7.25. The first-order chi connectivity index (χ1) is 8.93. The van der Waals surface area contributed by atoms with Gasteiger partial charge in [-0.15, -0.1) is 0 Å². The number of nitrogens with one attached hydrogen (secondary N) is 2. The standard InChI is InChI=1S/C12H20F2N2O3/c13-9(14)7-15-11(19)16-8-12(6-10(17)18)4-2-1-3-5-12/h9H,1-8H2,(H,17,18)(H2,15,16,19). The van der Waals surface area contributed by atoms with Gasteiger partial charge in [0.05, 0.1) is 13.0 Å². The molecule has 0 atom stereocenters. The predicted molar refractivity (Wildman–Crippen MR) is 65.2 cm³/mol. The number of carboxylic acids is 1. The largest absolute Gasteiger partial charge is 0.481 e. The van der Waals surface area contributed by atoms with E-state index in [9.17, 15) is 18.4 Å². The van der Waals surface area contributed by atoms with Crippen LogP contribution in [-0.4, -0.2) is 36.6 Å². The van der Waals surface area contributed by atoms with Gasteiger partial charge in [-0.25, -0.2) is 13.6 Å². The van der Waals surface area contributed by atoms with Crippen molar-refractivity contribution >= 4 is 12.0 Å². The zero-order chi connectivity index (χ0) is 14.3. The number of alkyl halides is 2. The first-order valence-electron chi connectivity index (χ1n) is 6.45. The van der Waals surface area contributed by atoms with Gasteiger partial charge in [-0.2, -0.15) is 0 Å². The number of aliphatic carboxylic acids is 1. The van der Waals surface area contributed by atoms with Crippen LogP contribution in [0.1, 0.15) is 38.5 Å². The number of halogens is 2. The number of urea groups is 1. The molecule has 1 aliphatic rings. The molecule has 1 saturated carbocycles. The Morgan fingerprint density at radius 3 is 2.32 bits per heavy atom. The molecule has 0 bridgehead atoms. The van der Waals surface area contributed by atoms with E-state index in [1.807, 2.05) is 5.32 Å². The molecule has 0 radical (unpaired) electrons. The highest BCUT2D eigenvalue weighted by atomic mass is 19.3. The number of rotatable bonds is 6. The van der Waals surface area contributed by atoms with Crippen molar-refractivity contribution in [3.63, 3.8) is 0 Å². The molecule has 1 fully saturated rings. The molecule has 5 nitrogen and oxygen atoms in total. The Morgan fingerprint density at radius 1 is 1.16 bits per heavy atom. The first-order valence-corrected chi connectivity index (χ1v) is 6.45. The van der Waals surface area contributed by atoms with Crippen LogP contribution in [0.2, 0.25) is 0 Å². The van der Waals surface area contributed by atoms with Crippen molar-refractivity contribution in [3.8, 4) is 0 Å². The summed E-state index contributed by atoms with van der Waals surface area (Å²) in [5.74, 6) is -0.892. The molecular weight excluding hydrogens is 258 g/mol. The van der Waals surface area contributed by atoms with Crippen molar-refractivity contribution in [2.75, 3.05) is 13.1 Å². The molecule has 19 heavy (non-hydrogen) atoms. The minimum atomic E-state index is -2.59. The fraction of sp³-hybridized carbons (Fsp3) is 0.833. The molecule has 1 aliphatic carbocycles. The van der Waals surface area contributed by atoms with E-state index in [1.165, 1.54) is 0 Å². The molecule has 0 heterocycles. The fourth-order valence-corrected chi connectivity index (χ4v) is 2.54. The van der Waals surface area contributed by atoms with Crippen molar-refractivity contribution in [2.24, 2.45) is 5.41 Å². The Labute approximate surface area is 110 Å². The first kappa shape index (κ1) is 15.7. The van der Waals surface area contributed by atoms with Crippen LogP contribution < -0.4 is 10.6 Å². The van der Waals surface area contributed by atoms with Crippen molar-refractivity contribution in [3.05, 3.63) is 0 Å². The van der Waals surface area contributed by atoms with Gasteiger partial charge in [-0.3, -0.25) is 4.79 Å². The van der Waals surface area contributed by atoms with Gasteiger partial charge in [-0.05, 0) is 18.3 Å². The van der Waals surface area contributed by atoms with E-state index in [0.29, 0.717) is 0 Å². The van der Waals surface area contributed by atoms with Crippen LogP contribution >= 0.6 is 0 Å². The minimum Gasteiger partial charge on any atom is -0.481 e. The van der Waals surface area contributed by atoms with Crippen molar-refractivity contribution in [1.82, 2.24) is 10.6 Å². The maximum atomic E-state index is 11.9. The Kier molecular flexibility index (Phi) is 5.98. The maximum Gasteiger partial charge on any atom is 0.315 e. The summed E-state index contributed by atoms with van der Waals surface area (Å²) in [6, 6.07) is -0.671. The fourth-order valence-electron chi connectivity index (χ4n) is 2.54. The number of hydrogen-bond acceptors (Lipinski definition) is 2. The summed E-state index contributed by atoms with van der Waals surface area (Å²) >= 11 is 0. The summed E-state index contributed by atoms with van der Waals surface area (Å²) in [5.41, 5.74) is -0.438. The molecule has 0 aromatic carbocycles. The van der Waals surface area contributed by atoms with E-state index >= 15 is 0 Å². The van der Waals surface area contributed by atoms with E-state index in [-0.39, 0.29) is 13.0 Å². The summed E-state index contributed by atoms with van der Waals surface area (Å²) in [6.45, 7) is -0.480. The normalized spacial score (nSPS) is 18.1. The summed E-state index contributed by atoms with van der Waals surface area (Å²) in [4.78, 5) is 22.2. The number of hydrogen-bond donors (Lipinski definition) is 3. The van der Waals surface area contributed by atoms with Gasteiger partial charge in [0.15, 0.2) is 0 Å². The van der Waals surface area contributed by atoms with Crippen molar-refractivity contribution in [2.45, 2.75) is 45.0 Å². The molecule has 0 unspecified atom stereocenters. The second-order valence-electron chi connectivity index (χ2n) is 5.09. The predicted octanol–water partition coefficient (Wildman–Crippen LogP) is 1.98. The minimum absolute atomic E-state index is 0.00211. The summed E-state index contributed by atoms with van der Waals surface area (Å²) in [6.07, 6.45) is 1.85. The number of carboxylic acid groups (broad SMARTS) is 1. The average molecular weight is 278 g/mol. The molecule has 0 aromatic heterocycles. The van der Waals surface area contributed by atoms with Crippen LogP contribution in [0.3, 0.4) is 0 Å². The lowest BCUT2D eigenvalue weighted by molar-refractivity contribution is -0.140. The van der Waals surface area contributed by atoms with Gasteiger partial charge in [-0.1, -0.05) is 19.3 Å². The summed E-state index contributed by atoms with van der Waals surface area (Å²) < 4.78 is 23.8. The van der Waals surface area contributed by atoms with E-state index < -0.39 is 30.4 Å². The van der Waals surface area contributed by atoms with Crippen LogP contribution in [0.5, 0.6) is 0 Å². The second-order valence-corrected chi connectivity index (χ2v) is 5.09. The van der Waals surface area contributed by atoms with Crippen molar-refractivity contribution < 1.29 is 23.5 Å². The van der Waals surface area contributed by atoms with E-state index in [4.69, 9.17) is 5.11 Å². The lowest BCUT2D eigenvalue weighted by Gasteiger charge is -2.36. The average Bonchev–Trinajstić information content (AvgIpc) is 2.34. The van der Waals surface area contributed by atoms with Gasteiger partial charge in [0.1, 0.15) is 0 Å². The monoisotopic (exact) mass is 278 g/mol. The van der Waals surface area contributed by atoms with Crippen LogP contribution in [0.15, 0.2) is 0 Å². The molecule has 2 amide bonds. The quantitative estimate of drug-likeness (QED) is 0.695. The van der Waals surface area contributed by atoms with Crippen LogP contribution in [-0.2, 0) is 4.79 Å². The zero-order valence-electron chi connectivity index (χ0n) is 10.8. The van der Waals surface area contributed by atoms with Crippen LogP contribution in [0.25, 0.3) is 0 Å². The molecule has 110 valence electrons. The molecule has 3 N–H and O–H groups in total. The molecule has 0 aliphatic heterocycles. The molecule has 0 spiro atoms. The van der Waals surface area contributed by atoms with Gasteiger partial charge in [0.25, 0.3) is 6.43 Å². The number of carbonyl (C=O) groups is 2. The molecular formula is C12H20F2N2O3. The lowest BCUT2D eigenvalue weighted by atomic mass is 9.72. The Balaban J connectivity index is 2.44. The molecule has 0 aromatic rings. The summed E-state index contributed by atoms with van der Waals surface area (Å²) in [5, 5.41) is 13.5. The number of amides is 2. The van der Waals surface area contributed by atoms with Crippen molar-refractivity contribution in [1.29, 1.82) is 0 Å². The van der Waals surface area contributed by atoms with Crippen LogP contribution in [0.4, 0.5) is 13.6 Å². The van der Waals surface area contributed by atoms with E-state index in [0.717, 1.165) is 32.1 Å². The van der Waals surface area contributed by atoms with Gasteiger partial charge < -0.3 is 15.7 Å². The summed E-state index contributed by atoms with van der Waals surface area (Å²) in [7, 11) is 0. The molecule has 7 heteroatoms. The highest BCUT2D eigenvalue weighted by molar-refractivity contribution is 5.74. The Hall–Kier alpha value is -1.40. The van der Waals surface area contributed by atoms with E-state index in [2.05, 4.69) is 5.32 Å². The Bertz CT molecular complexity index is 318. The third kappa shape index (κ3) is 5.85. The van der Waals surface area contributed by atoms with Gasteiger partial charge >= 0.3 is 12.0 Å². The molecule has 1 rings (SSSR count). The van der Waals surface area contributed by atoms with Gasteiger partial charge in [0.2, 0.25) is 0 Å². The topological polar surface area (TPSA) is 78.4 Å². The highest BCUT2D eigenvalue weighted by Crippen LogP contribution is 2.38. The van der Waals surface area contributed by atoms with Gasteiger partial charge in [0, 0.05) is 6.54 Å². The Morgan fingerprint density at radius 2 is 1.79 bits per heavy atom. The maximum absolute atomic E-state index is 11.9. The lowest BCUT2D eigenvalue weighted by Crippen LogP contribution is -2.45. The van der Waals surface area contributed by atoms with Crippen LogP contribution in [0, 0.1) is 5.41 Å². The van der Waals surface area contributed by atoms with E-state index in [1.54, 1.807) is 0 Å². The third-order valence-electron chi connectivity index (χ3n) is 3.48.